The maximum atomic E-state index is 6.36. The van der Waals surface area contributed by atoms with E-state index in [1.54, 1.807) is 0 Å². The predicted octanol–water partition coefficient (Wildman–Crippen LogP) is 2.65. The summed E-state index contributed by atoms with van der Waals surface area (Å²) < 4.78 is 17.7. The molecule has 0 amide bonds. The van der Waals surface area contributed by atoms with Crippen LogP contribution in [0, 0.1) is 5.92 Å². The summed E-state index contributed by atoms with van der Waals surface area (Å²) in [5.41, 5.74) is 1.16. The van der Waals surface area contributed by atoms with Crippen molar-refractivity contribution >= 4 is 0 Å². The number of fused-ring (bicyclic) bond motifs is 1. The number of hydrogen-bond acceptors (Lipinski definition) is 5. The Morgan fingerprint density at radius 1 is 1.08 bits per heavy atom. The zero-order chi connectivity index (χ0) is 16.9. The van der Waals surface area contributed by atoms with Gasteiger partial charge in [-0.25, -0.2) is 0 Å². The summed E-state index contributed by atoms with van der Waals surface area (Å²) in [6.45, 7) is 5.45. The lowest BCUT2D eigenvalue weighted by molar-refractivity contribution is -0.105. The molecular formula is C20H30N2O3. The van der Waals surface area contributed by atoms with Crippen LogP contribution in [0.2, 0.25) is 0 Å². The first-order valence-electron chi connectivity index (χ1n) is 9.83. The molecule has 3 saturated heterocycles. The molecule has 1 aromatic heterocycles. The molecule has 1 aromatic rings. The molecule has 0 N–H and O–H groups in total. The Hall–Kier alpha value is -1.01. The van der Waals surface area contributed by atoms with Gasteiger partial charge in [0, 0.05) is 45.1 Å². The minimum atomic E-state index is 0.274. The first kappa shape index (κ1) is 17.4. The van der Waals surface area contributed by atoms with E-state index in [4.69, 9.17) is 14.2 Å². The Labute approximate surface area is 150 Å². The van der Waals surface area contributed by atoms with Crippen LogP contribution in [0.25, 0.3) is 0 Å². The average Bonchev–Trinajstić information content (AvgIpc) is 3.06. The Morgan fingerprint density at radius 2 is 2.00 bits per heavy atom. The largest absolute Gasteiger partial charge is 0.381 e. The molecular weight excluding hydrogens is 316 g/mol. The Bertz CT molecular complexity index is 521. The minimum absolute atomic E-state index is 0.274. The van der Waals surface area contributed by atoms with Gasteiger partial charge in [-0.05, 0) is 50.2 Å². The van der Waals surface area contributed by atoms with Crippen LogP contribution in [-0.4, -0.2) is 61.1 Å². The van der Waals surface area contributed by atoms with Crippen LogP contribution in [0.3, 0.4) is 0 Å². The maximum Gasteiger partial charge on any atom is 0.0813 e. The third-order valence-corrected chi connectivity index (χ3v) is 5.84. The van der Waals surface area contributed by atoms with Gasteiger partial charge in [-0.2, -0.15) is 0 Å². The monoisotopic (exact) mass is 346 g/mol. The van der Waals surface area contributed by atoms with Crippen LogP contribution >= 0.6 is 0 Å². The van der Waals surface area contributed by atoms with E-state index in [2.05, 4.69) is 22.0 Å². The van der Waals surface area contributed by atoms with Crippen molar-refractivity contribution in [3.05, 3.63) is 30.1 Å². The normalized spacial score (nSPS) is 31.1. The van der Waals surface area contributed by atoms with E-state index < -0.39 is 0 Å². The van der Waals surface area contributed by atoms with Crippen LogP contribution in [0.15, 0.2) is 24.4 Å². The second kappa shape index (κ2) is 8.58. The molecule has 0 spiro atoms. The molecule has 0 radical (unpaired) electrons. The molecule has 0 unspecified atom stereocenters. The molecule has 3 aliphatic rings. The first-order chi connectivity index (χ1) is 12.4. The highest BCUT2D eigenvalue weighted by Crippen LogP contribution is 2.32. The van der Waals surface area contributed by atoms with Crippen molar-refractivity contribution in [3.8, 4) is 0 Å². The van der Waals surface area contributed by atoms with Crippen molar-refractivity contribution < 1.29 is 14.2 Å². The number of aromatic nitrogens is 1. The van der Waals surface area contributed by atoms with Gasteiger partial charge in [0.15, 0.2) is 0 Å². The summed E-state index contributed by atoms with van der Waals surface area (Å²) in [5.74, 6) is 0.672. The Morgan fingerprint density at radius 3 is 2.84 bits per heavy atom. The fourth-order valence-corrected chi connectivity index (χ4v) is 4.38. The fraction of sp³-hybridized carbons (Fsp3) is 0.750. The third kappa shape index (κ3) is 4.59. The van der Waals surface area contributed by atoms with Crippen molar-refractivity contribution in [2.75, 3.05) is 33.0 Å². The molecule has 0 aromatic carbocycles. The van der Waals surface area contributed by atoms with Crippen LogP contribution < -0.4 is 0 Å². The van der Waals surface area contributed by atoms with E-state index in [1.165, 1.54) is 6.42 Å². The van der Waals surface area contributed by atoms with Gasteiger partial charge in [0.25, 0.3) is 0 Å². The summed E-state index contributed by atoms with van der Waals surface area (Å²) >= 11 is 0. The van der Waals surface area contributed by atoms with E-state index >= 15 is 0 Å². The molecule has 0 bridgehead atoms. The quantitative estimate of drug-likeness (QED) is 0.792. The summed E-state index contributed by atoms with van der Waals surface area (Å²) in [7, 11) is 0. The predicted molar refractivity (Wildman–Crippen MR) is 95.3 cm³/mol. The average molecular weight is 346 g/mol. The van der Waals surface area contributed by atoms with E-state index in [0.717, 1.165) is 70.9 Å². The summed E-state index contributed by atoms with van der Waals surface area (Å²) in [6, 6.07) is 6.71. The SMILES string of the molecule is c1ccc(CN2CC[C@H]3O[C@@H](COCC4CCOCC4)CC[C@H]32)nc1. The number of nitrogens with zero attached hydrogens (tertiary/aromatic N) is 2. The van der Waals surface area contributed by atoms with Crippen LogP contribution in [0.5, 0.6) is 0 Å². The van der Waals surface area contributed by atoms with Gasteiger partial charge in [0.05, 0.1) is 24.5 Å². The van der Waals surface area contributed by atoms with Gasteiger partial charge < -0.3 is 14.2 Å². The van der Waals surface area contributed by atoms with Crippen molar-refractivity contribution in [1.82, 2.24) is 9.88 Å². The number of pyridine rings is 1. The van der Waals surface area contributed by atoms with Crippen molar-refractivity contribution in [1.29, 1.82) is 0 Å². The van der Waals surface area contributed by atoms with E-state index in [9.17, 15) is 0 Å². The molecule has 5 heteroatoms. The van der Waals surface area contributed by atoms with Crippen molar-refractivity contribution in [2.24, 2.45) is 5.92 Å². The molecule has 25 heavy (non-hydrogen) atoms. The van der Waals surface area contributed by atoms with E-state index in [0.29, 0.717) is 18.1 Å². The zero-order valence-corrected chi connectivity index (χ0v) is 15.0. The van der Waals surface area contributed by atoms with Crippen LogP contribution in [0.4, 0.5) is 0 Å². The molecule has 5 nitrogen and oxygen atoms in total. The van der Waals surface area contributed by atoms with Crippen molar-refractivity contribution in [3.63, 3.8) is 0 Å². The molecule has 3 aliphatic heterocycles. The highest BCUT2D eigenvalue weighted by molar-refractivity contribution is 5.05. The highest BCUT2D eigenvalue weighted by atomic mass is 16.5. The van der Waals surface area contributed by atoms with Crippen molar-refractivity contribution in [2.45, 2.75) is 56.9 Å². The van der Waals surface area contributed by atoms with E-state index in [1.807, 2.05) is 12.3 Å². The number of likely N-dealkylation sites (tertiary alicyclic amines) is 1. The molecule has 0 saturated carbocycles. The van der Waals surface area contributed by atoms with Gasteiger partial charge in [-0.1, -0.05) is 6.07 Å². The molecule has 0 aliphatic carbocycles. The molecule has 4 heterocycles. The standard InChI is InChI=1S/C20H30N2O3/c1-2-9-21-17(3-1)13-22-10-6-20-19(22)5-4-18(25-20)15-24-14-16-7-11-23-12-8-16/h1-3,9,16,18-20H,4-8,10-15H2/t18-,19-,20-/m1/s1. The number of ether oxygens (including phenoxy) is 3. The Balaban J connectivity index is 1.20. The third-order valence-electron chi connectivity index (χ3n) is 5.84. The lowest BCUT2D eigenvalue weighted by Crippen LogP contribution is -2.43. The highest BCUT2D eigenvalue weighted by Gasteiger charge is 2.39. The zero-order valence-electron chi connectivity index (χ0n) is 15.0. The van der Waals surface area contributed by atoms with Gasteiger partial charge in [0.1, 0.15) is 0 Å². The maximum absolute atomic E-state index is 6.36. The van der Waals surface area contributed by atoms with Gasteiger partial charge in [-0.3, -0.25) is 9.88 Å². The van der Waals surface area contributed by atoms with Gasteiger partial charge in [-0.15, -0.1) is 0 Å². The summed E-state index contributed by atoms with van der Waals surface area (Å²) in [4.78, 5) is 7.02. The molecule has 3 atom stereocenters. The number of hydrogen-bond donors (Lipinski definition) is 0. The minimum Gasteiger partial charge on any atom is -0.381 e. The van der Waals surface area contributed by atoms with E-state index in [-0.39, 0.29) is 6.10 Å². The lowest BCUT2D eigenvalue weighted by atomic mass is 9.99. The first-order valence-corrected chi connectivity index (χ1v) is 9.83. The molecule has 3 fully saturated rings. The molecule has 138 valence electrons. The fourth-order valence-electron chi connectivity index (χ4n) is 4.38. The topological polar surface area (TPSA) is 43.8 Å². The molecule has 4 rings (SSSR count). The lowest BCUT2D eigenvalue weighted by Gasteiger charge is -2.36. The second-order valence-corrected chi connectivity index (χ2v) is 7.61. The van der Waals surface area contributed by atoms with Gasteiger partial charge >= 0.3 is 0 Å². The number of rotatable bonds is 6. The summed E-state index contributed by atoms with van der Waals surface area (Å²) in [6.07, 6.45) is 8.25. The summed E-state index contributed by atoms with van der Waals surface area (Å²) in [5, 5.41) is 0. The van der Waals surface area contributed by atoms with Crippen LogP contribution in [-0.2, 0) is 20.8 Å². The van der Waals surface area contributed by atoms with Gasteiger partial charge in [0.2, 0.25) is 0 Å². The van der Waals surface area contributed by atoms with Crippen LogP contribution in [0.1, 0.15) is 37.8 Å². The Kier molecular flexibility index (Phi) is 5.98. The smallest absolute Gasteiger partial charge is 0.0813 e. The second-order valence-electron chi connectivity index (χ2n) is 7.61.